The third-order valence-corrected chi connectivity index (χ3v) is 11.1. The summed E-state index contributed by atoms with van der Waals surface area (Å²) in [5, 5.41) is 2.30. The summed E-state index contributed by atoms with van der Waals surface area (Å²) in [4.78, 5) is 15.3. The van der Waals surface area contributed by atoms with E-state index in [-0.39, 0.29) is 5.41 Å². The molecule has 1 aromatic heterocycles. The van der Waals surface area contributed by atoms with E-state index in [1.807, 2.05) is 18.2 Å². The Hall–Kier alpha value is -6.19. The second-order valence-corrected chi connectivity index (χ2v) is 14.3. The zero-order chi connectivity index (χ0) is 35.5. The molecular formula is C50H41N3. The lowest BCUT2D eigenvalue weighted by Crippen LogP contribution is -2.31. The summed E-state index contributed by atoms with van der Waals surface area (Å²) in [6.45, 7) is 0. The smallest absolute Gasteiger partial charge is 0.164 e. The highest BCUT2D eigenvalue weighted by molar-refractivity contribution is 5.95. The van der Waals surface area contributed by atoms with Crippen LogP contribution in [0.2, 0.25) is 0 Å². The van der Waals surface area contributed by atoms with Crippen LogP contribution < -0.4 is 0 Å². The van der Waals surface area contributed by atoms with Gasteiger partial charge in [-0.3, -0.25) is 0 Å². The van der Waals surface area contributed by atoms with Gasteiger partial charge in [0, 0.05) is 22.1 Å². The molecule has 0 bridgehead atoms. The maximum absolute atomic E-state index is 5.15. The number of hydrogen-bond donors (Lipinski definition) is 0. The van der Waals surface area contributed by atoms with Crippen molar-refractivity contribution in [1.82, 2.24) is 15.0 Å². The number of hydrogen-bond acceptors (Lipinski definition) is 3. The molecule has 1 saturated carbocycles. The van der Waals surface area contributed by atoms with Crippen molar-refractivity contribution < 1.29 is 0 Å². The molecule has 0 unspecified atom stereocenters. The molecule has 0 radical (unpaired) electrons. The summed E-state index contributed by atoms with van der Waals surface area (Å²) in [7, 11) is 0. The van der Waals surface area contributed by atoms with Crippen molar-refractivity contribution in [2.45, 2.75) is 43.9 Å². The Morgan fingerprint density at radius 1 is 0.453 bits per heavy atom. The summed E-state index contributed by atoms with van der Waals surface area (Å²) < 4.78 is 0. The molecule has 9 rings (SSSR count). The van der Waals surface area contributed by atoms with Crippen molar-refractivity contribution in [1.29, 1.82) is 0 Å². The molecule has 0 atom stereocenters. The first-order valence-electron chi connectivity index (χ1n) is 18.9. The van der Waals surface area contributed by atoms with Crippen LogP contribution in [-0.4, -0.2) is 15.0 Å². The maximum atomic E-state index is 5.15. The van der Waals surface area contributed by atoms with Crippen LogP contribution in [0.1, 0.15) is 49.9 Å². The number of aromatic nitrogens is 3. The lowest BCUT2D eigenvalue weighted by atomic mass is 9.64. The van der Waals surface area contributed by atoms with Crippen molar-refractivity contribution in [3.63, 3.8) is 0 Å². The number of nitrogens with zero attached hydrogens (tertiary/aromatic N) is 3. The van der Waals surface area contributed by atoms with Gasteiger partial charge in [0.15, 0.2) is 17.5 Å². The molecule has 1 fully saturated rings. The van der Waals surface area contributed by atoms with Crippen molar-refractivity contribution in [3.8, 4) is 45.0 Å². The molecule has 0 saturated heterocycles. The predicted molar refractivity (Wildman–Crippen MR) is 220 cm³/mol. The zero-order valence-electron chi connectivity index (χ0n) is 29.8. The Labute approximate surface area is 312 Å². The fraction of sp³-hybridized carbons (Fsp3) is 0.140. The average Bonchev–Trinajstić information content (AvgIpc) is 3.52. The first kappa shape index (κ1) is 32.7. The Kier molecular flexibility index (Phi) is 8.91. The Morgan fingerprint density at radius 2 is 1.06 bits per heavy atom. The molecule has 0 aliphatic heterocycles. The molecule has 6 aromatic carbocycles. The minimum Gasteiger partial charge on any atom is -0.208 e. The molecule has 7 aromatic rings. The Bertz CT molecular complexity index is 2480. The fourth-order valence-electron chi connectivity index (χ4n) is 8.33. The van der Waals surface area contributed by atoms with Crippen LogP contribution in [0.4, 0.5) is 0 Å². The van der Waals surface area contributed by atoms with E-state index >= 15 is 0 Å². The van der Waals surface area contributed by atoms with E-state index in [9.17, 15) is 0 Å². The van der Waals surface area contributed by atoms with Crippen LogP contribution in [0.5, 0.6) is 0 Å². The lowest BCUT2D eigenvalue weighted by molar-refractivity contribution is 0.336. The van der Waals surface area contributed by atoms with Crippen molar-refractivity contribution >= 4 is 16.3 Å². The van der Waals surface area contributed by atoms with Gasteiger partial charge < -0.3 is 0 Å². The quantitative estimate of drug-likeness (QED) is 0.168. The molecule has 2 aliphatic rings. The van der Waals surface area contributed by atoms with Crippen molar-refractivity contribution in [3.05, 3.63) is 193 Å². The number of benzene rings is 6. The fourth-order valence-corrected chi connectivity index (χ4v) is 8.33. The highest BCUT2D eigenvalue weighted by atomic mass is 15.0. The summed E-state index contributed by atoms with van der Waals surface area (Å²) in [5.74, 6) is 2.06. The van der Waals surface area contributed by atoms with Crippen LogP contribution in [0.25, 0.3) is 61.4 Å². The van der Waals surface area contributed by atoms with Crippen LogP contribution in [0, 0.1) is 0 Å². The van der Waals surface area contributed by atoms with Gasteiger partial charge >= 0.3 is 0 Å². The monoisotopic (exact) mass is 683 g/mol. The normalized spacial score (nSPS) is 15.4. The van der Waals surface area contributed by atoms with Gasteiger partial charge in [-0.05, 0) is 63.9 Å². The average molecular weight is 684 g/mol. The van der Waals surface area contributed by atoms with Crippen LogP contribution >= 0.6 is 0 Å². The lowest BCUT2D eigenvalue weighted by Gasteiger charge is -2.40. The number of allylic oxidation sites excluding steroid dienone is 6. The third-order valence-electron chi connectivity index (χ3n) is 11.1. The van der Waals surface area contributed by atoms with E-state index in [0.29, 0.717) is 17.5 Å². The zero-order valence-corrected chi connectivity index (χ0v) is 29.8. The maximum Gasteiger partial charge on any atom is 0.164 e. The summed E-state index contributed by atoms with van der Waals surface area (Å²) in [6.07, 6.45) is 16.1. The van der Waals surface area contributed by atoms with E-state index in [0.717, 1.165) is 41.3 Å². The first-order valence-corrected chi connectivity index (χ1v) is 18.9. The standard InChI is InChI=1S/C50H41N3/c1-4-15-36(16-5-1)41-22-12-23-42(35-41)37-27-30-44(31-28-37)50(33-10-3-11-34-50)43-24-13-21-40(29-32-43)48-51-47(39-18-6-2-7-19-39)52-49(53-48)46-26-14-20-38-17-8-9-25-45(38)46/h1-2,4-9,12-23,25-32,35H,3,10-11,24,33-34H2. The molecule has 3 heteroatoms. The second kappa shape index (κ2) is 14.4. The topological polar surface area (TPSA) is 38.7 Å². The van der Waals surface area contributed by atoms with Gasteiger partial charge in [0.1, 0.15) is 0 Å². The second-order valence-electron chi connectivity index (χ2n) is 14.3. The van der Waals surface area contributed by atoms with Crippen molar-refractivity contribution in [2.24, 2.45) is 0 Å². The minimum atomic E-state index is 0.00136. The molecule has 0 amide bonds. The van der Waals surface area contributed by atoms with Gasteiger partial charge in [-0.15, -0.1) is 0 Å². The first-order chi connectivity index (χ1) is 26.2. The number of rotatable bonds is 7. The van der Waals surface area contributed by atoms with E-state index in [1.165, 1.54) is 58.0 Å². The summed E-state index contributed by atoms with van der Waals surface area (Å²) >= 11 is 0. The predicted octanol–water partition coefficient (Wildman–Crippen LogP) is 12.9. The summed E-state index contributed by atoms with van der Waals surface area (Å²) in [6, 6.07) is 54.0. The van der Waals surface area contributed by atoms with E-state index < -0.39 is 0 Å². The van der Waals surface area contributed by atoms with E-state index in [4.69, 9.17) is 15.0 Å². The molecular weight excluding hydrogens is 643 g/mol. The van der Waals surface area contributed by atoms with Gasteiger partial charge in [-0.1, -0.05) is 195 Å². The Balaban J connectivity index is 1.09. The van der Waals surface area contributed by atoms with Gasteiger partial charge in [-0.2, -0.15) is 0 Å². The Morgan fingerprint density at radius 3 is 1.83 bits per heavy atom. The van der Waals surface area contributed by atoms with Gasteiger partial charge in [-0.25, -0.2) is 15.0 Å². The van der Waals surface area contributed by atoms with E-state index in [2.05, 4.69) is 158 Å². The largest absolute Gasteiger partial charge is 0.208 e. The van der Waals surface area contributed by atoms with Gasteiger partial charge in [0.2, 0.25) is 0 Å². The molecule has 1 heterocycles. The van der Waals surface area contributed by atoms with Crippen LogP contribution in [0.3, 0.4) is 0 Å². The SMILES string of the molecule is C1=CC(c2nc(-c3ccccc3)nc(-c3cccc4ccccc34)n2)=CC=C(C2(c3ccc(-c4cccc(-c5ccccc5)c4)cc3)CCCCC2)C1. The summed E-state index contributed by atoms with van der Waals surface area (Å²) in [5.41, 5.74) is 10.9. The van der Waals surface area contributed by atoms with Crippen molar-refractivity contribution in [2.75, 3.05) is 0 Å². The third kappa shape index (κ3) is 6.56. The van der Waals surface area contributed by atoms with E-state index in [1.54, 1.807) is 0 Å². The highest BCUT2D eigenvalue weighted by Gasteiger charge is 2.37. The van der Waals surface area contributed by atoms with Crippen LogP contribution in [0.15, 0.2) is 182 Å². The van der Waals surface area contributed by atoms with Gasteiger partial charge in [0.25, 0.3) is 0 Å². The molecule has 256 valence electrons. The molecule has 2 aliphatic carbocycles. The molecule has 3 nitrogen and oxygen atoms in total. The molecule has 0 spiro atoms. The molecule has 0 N–H and O–H groups in total. The number of fused-ring (bicyclic) bond motifs is 1. The highest BCUT2D eigenvalue weighted by Crippen LogP contribution is 2.47. The van der Waals surface area contributed by atoms with Gasteiger partial charge in [0.05, 0.1) is 0 Å². The minimum absolute atomic E-state index is 0.00136. The van der Waals surface area contributed by atoms with Crippen LogP contribution in [-0.2, 0) is 5.41 Å². The molecule has 53 heavy (non-hydrogen) atoms.